The van der Waals surface area contributed by atoms with Gasteiger partial charge >= 0.3 is 0 Å². The SMILES string of the molecule is CC(C)[C@H](NC(=O)[C@H](C)NC(=O)[C@@H](C1Cc2ccccc2C1=O)C(C)(C)C)C(=O)C(=O)NC1CC1. The van der Waals surface area contributed by atoms with Crippen LogP contribution in [0, 0.1) is 23.2 Å². The van der Waals surface area contributed by atoms with Crippen LogP contribution in [0.2, 0.25) is 0 Å². The molecule has 1 fully saturated rings. The number of carbonyl (C=O) groups excluding carboxylic acids is 5. The average molecular weight is 484 g/mol. The number of ketones is 2. The van der Waals surface area contributed by atoms with Gasteiger partial charge in [0.1, 0.15) is 6.04 Å². The van der Waals surface area contributed by atoms with Gasteiger partial charge in [-0.1, -0.05) is 58.9 Å². The monoisotopic (exact) mass is 483 g/mol. The van der Waals surface area contributed by atoms with Gasteiger partial charge in [-0.3, -0.25) is 24.0 Å². The van der Waals surface area contributed by atoms with E-state index < -0.39 is 46.9 Å². The summed E-state index contributed by atoms with van der Waals surface area (Å²) in [5.41, 5.74) is 1.05. The molecule has 35 heavy (non-hydrogen) atoms. The van der Waals surface area contributed by atoms with Crippen molar-refractivity contribution >= 4 is 29.3 Å². The molecule has 190 valence electrons. The van der Waals surface area contributed by atoms with Crippen LogP contribution in [0.25, 0.3) is 0 Å². The molecule has 0 spiro atoms. The Bertz CT molecular complexity index is 1020. The highest BCUT2D eigenvalue weighted by Crippen LogP contribution is 2.40. The number of fused-ring (bicyclic) bond motifs is 1. The van der Waals surface area contributed by atoms with E-state index in [1.54, 1.807) is 19.9 Å². The summed E-state index contributed by atoms with van der Waals surface area (Å²) >= 11 is 0. The molecule has 8 nitrogen and oxygen atoms in total. The summed E-state index contributed by atoms with van der Waals surface area (Å²) in [6, 6.07) is 5.47. The topological polar surface area (TPSA) is 121 Å². The van der Waals surface area contributed by atoms with Gasteiger partial charge in [0.25, 0.3) is 5.91 Å². The Morgan fingerprint density at radius 2 is 1.57 bits per heavy atom. The molecule has 2 aliphatic rings. The van der Waals surface area contributed by atoms with Crippen molar-refractivity contribution in [3.05, 3.63) is 35.4 Å². The Balaban J connectivity index is 1.68. The van der Waals surface area contributed by atoms with Crippen molar-refractivity contribution in [2.24, 2.45) is 23.2 Å². The van der Waals surface area contributed by atoms with E-state index in [2.05, 4.69) is 16.0 Å². The predicted molar refractivity (Wildman–Crippen MR) is 131 cm³/mol. The fourth-order valence-corrected chi connectivity index (χ4v) is 4.72. The van der Waals surface area contributed by atoms with E-state index in [1.807, 2.05) is 39.0 Å². The molecule has 0 radical (unpaired) electrons. The molecule has 0 bridgehead atoms. The molecule has 2 aliphatic carbocycles. The molecular weight excluding hydrogens is 446 g/mol. The average Bonchev–Trinajstić information content (AvgIpc) is 3.53. The number of amides is 3. The lowest BCUT2D eigenvalue weighted by molar-refractivity contribution is -0.141. The maximum absolute atomic E-state index is 13.4. The van der Waals surface area contributed by atoms with E-state index in [0.717, 1.165) is 18.4 Å². The first kappa shape index (κ1) is 26.6. The van der Waals surface area contributed by atoms with Crippen LogP contribution in [0.15, 0.2) is 24.3 Å². The number of carbonyl (C=O) groups is 5. The summed E-state index contributed by atoms with van der Waals surface area (Å²) in [6.45, 7) is 10.7. The molecule has 1 aromatic rings. The van der Waals surface area contributed by atoms with E-state index in [-0.39, 0.29) is 23.7 Å². The third-order valence-electron chi connectivity index (χ3n) is 6.81. The van der Waals surface area contributed by atoms with Crippen LogP contribution >= 0.6 is 0 Å². The number of nitrogens with one attached hydrogen (secondary N) is 3. The van der Waals surface area contributed by atoms with Crippen molar-refractivity contribution in [3.8, 4) is 0 Å². The van der Waals surface area contributed by atoms with E-state index in [1.165, 1.54) is 6.92 Å². The minimum Gasteiger partial charge on any atom is -0.347 e. The van der Waals surface area contributed by atoms with Crippen molar-refractivity contribution in [1.82, 2.24) is 16.0 Å². The highest BCUT2D eigenvalue weighted by molar-refractivity contribution is 6.38. The number of hydrogen-bond donors (Lipinski definition) is 3. The first-order chi connectivity index (χ1) is 16.3. The molecular formula is C27H37N3O5. The predicted octanol–water partition coefficient (Wildman–Crippen LogP) is 2.20. The molecule has 1 unspecified atom stereocenters. The highest BCUT2D eigenvalue weighted by atomic mass is 16.2. The summed E-state index contributed by atoms with van der Waals surface area (Å²) in [7, 11) is 0. The molecule has 0 aromatic heterocycles. The normalized spacial score (nSPS) is 20.0. The van der Waals surface area contributed by atoms with Crippen LogP contribution in [-0.2, 0) is 25.6 Å². The molecule has 1 aromatic carbocycles. The van der Waals surface area contributed by atoms with Gasteiger partial charge < -0.3 is 16.0 Å². The van der Waals surface area contributed by atoms with Crippen LogP contribution < -0.4 is 16.0 Å². The zero-order chi connectivity index (χ0) is 26.1. The molecule has 8 heteroatoms. The Kier molecular flexibility index (Phi) is 7.82. The fourth-order valence-electron chi connectivity index (χ4n) is 4.72. The van der Waals surface area contributed by atoms with E-state index >= 15 is 0 Å². The maximum Gasteiger partial charge on any atom is 0.289 e. The van der Waals surface area contributed by atoms with Crippen LogP contribution in [0.5, 0.6) is 0 Å². The standard InChI is InChI=1S/C27H37N3O5/c1-14(2)21(23(32)26(35)29-17-11-12-17)30-24(33)15(3)28-25(34)20(27(4,5)6)19-13-16-9-7-8-10-18(16)22(19)31/h7-10,14-15,17,19-21H,11-13H2,1-6H3,(H,28,34)(H,29,35)(H,30,33)/t15-,19?,20+,21-/m0/s1. The van der Waals surface area contributed by atoms with E-state index in [0.29, 0.717) is 12.0 Å². The number of Topliss-reactive ketones (excluding diaryl/α,β-unsaturated/α-hetero) is 2. The van der Waals surface area contributed by atoms with Crippen LogP contribution in [0.3, 0.4) is 0 Å². The molecule has 0 heterocycles. The van der Waals surface area contributed by atoms with Crippen LogP contribution in [0.4, 0.5) is 0 Å². The summed E-state index contributed by atoms with van der Waals surface area (Å²) in [5, 5.41) is 8.04. The number of hydrogen-bond acceptors (Lipinski definition) is 5. The summed E-state index contributed by atoms with van der Waals surface area (Å²) < 4.78 is 0. The second-order valence-electron chi connectivity index (χ2n) is 11.2. The lowest BCUT2D eigenvalue weighted by atomic mass is 9.71. The smallest absolute Gasteiger partial charge is 0.289 e. The van der Waals surface area contributed by atoms with Gasteiger partial charge in [-0.05, 0) is 43.1 Å². The molecule has 3 amide bonds. The van der Waals surface area contributed by atoms with Gasteiger partial charge in [-0.2, -0.15) is 0 Å². The van der Waals surface area contributed by atoms with Crippen LogP contribution in [0.1, 0.15) is 70.3 Å². The van der Waals surface area contributed by atoms with Crippen molar-refractivity contribution in [1.29, 1.82) is 0 Å². The van der Waals surface area contributed by atoms with Crippen LogP contribution in [-0.4, -0.2) is 47.4 Å². The number of rotatable bonds is 9. The number of benzene rings is 1. The van der Waals surface area contributed by atoms with Gasteiger partial charge in [0.15, 0.2) is 5.78 Å². The lowest BCUT2D eigenvalue weighted by Gasteiger charge is -2.34. The summed E-state index contributed by atoms with van der Waals surface area (Å²) in [4.78, 5) is 64.3. The van der Waals surface area contributed by atoms with Crippen molar-refractivity contribution in [2.45, 2.75) is 78.9 Å². The molecule has 0 aliphatic heterocycles. The Morgan fingerprint density at radius 1 is 0.943 bits per heavy atom. The molecule has 1 saturated carbocycles. The Labute approximate surface area is 207 Å². The quantitative estimate of drug-likeness (QED) is 0.465. The third kappa shape index (κ3) is 6.16. The zero-order valence-electron chi connectivity index (χ0n) is 21.4. The van der Waals surface area contributed by atoms with Crippen molar-refractivity contribution in [3.63, 3.8) is 0 Å². The van der Waals surface area contributed by atoms with Gasteiger partial charge in [-0.15, -0.1) is 0 Å². The highest BCUT2D eigenvalue weighted by Gasteiger charge is 2.45. The Hall–Kier alpha value is -3.03. The fraction of sp³-hybridized carbons (Fsp3) is 0.593. The third-order valence-corrected chi connectivity index (χ3v) is 6.81. The second kappa shape index (κ2) is 10.3. The van der Waals surface area contributed by atoms with E-state index in [4.69, 9.17) is 0 Å². The maximum atomic E-state index is 13.4. The first-order valence-corrected chi connectivity index (χ1v) is 12.4. The van der Waals surface area contributed by atoms with Gasteiger partial charge in [0.05, 0.1) is 12.0 Å². The first-order valence-electron chi connectivity index (χ1n) is 12.4. The zero-order valence-corrected chi connectivity index (χ0v) is 21.4. The van der Waals surface area contributed by atoms with Gasteiger partial charge in [-0.25, -0.2) is 0 Å². The van der Waals surface area contributed by atoms with Gasteiger partial charge in [0, 0.05) is 17.5 Å². The molecule has 3 N–H and O–H groups in total. The molecule has 3 rings (SSSR count). The minimum atomic E-state index is -0.995. The second-order valence-corrected chi connectivity index (χ2v) is 11.2. The van der Waals surface area contributed by atoms with Crippen molar-refractivity contribution in [2.75, 3.05) is 0 Å². The van der Waals surface area contributed by atoms with Gasteiger partial charge in [0.2, 0.25) is 17.6 Å². The molecule has 0 saturated heterocycles. The molecule has 4 atom stereocenters. The Morgan fingerprint density at radius 3 is 2.11 bits per heavy atom. The largest absolute Gasteiger partial charge is 0.347 e. The summed E-state index contributed by atoms with van der Waals surface area (Å²) in [5.74, 6) is -3.86. The minimum absolute atomic E-state index is 0.0342. The van der Waals surface area contributed by atoms with Crippen molar-refractivity contribution < 1.29 is 24.0 Å². The summed E-state index contributed by atoms with van der Waals surface area (Å²) in [6.07, 6.45) is 2.18. The lowest BCUT2D eigenvalue weighted by Crippen LogP contribution is -2.56. The van der Waals surface area contributed by atoms with E-state index in [9.17, 15) is 24.0 Å².